The van der Waals surface area contributed by atoms with Gasteiger partial charge >= 0.3 is 0 Å². The molecule has 102 valence electrons. The number of nitrogens with zero attached hydrogens (tertiary/aromatic N) is 3. The minimum Gasteiger partial charge on any atom is -0.378 e. The van der Waals surface area contributed by atoms with Crippen LogP contribution >= 0.6 is 0 Å². The summed E-state index contributed by atoms with van der Waals surface area (Å²) in [6.07, 6.45) is 0.200. The van der Waals surface area contributed by atoms with Gasteiger partial charge in [-0.25, -0.2) is 0 Å². The molecule has 2 unspecified atom stereocenters. The van der Waals surface area contributed by atoms with Gasteiger partial charge in [0.05, 0.1) is 18.8 Å². The van der Waals surface area contributed by atoms with Crippen LogP contribution in [0.5, 0.6) is 0 Å². The van der Waals surface area contributed by atoms with Gasteiger partial charge in [-0.2, -0.15) is 5.26 Å². The van der Waals surface area contributed by atoms with E-state index in [1.54, 1.807) is 0 Å². The molecule has 4 nitrogen and oxygen atoms in total. The first-order valence-electron chi connectivity index (χ1n) is 6.64. The molecule has 0 amide bonds. The van der Waals surface area contributed by atoms with Gasteiger partial charge in [0, 0.05) is 32.9 Å². The zero-order valence-electron chi connectivity index (χ0n) is 11.8. The van der Waals surface area contributed by atoms with Gasteiger partial charge < -0.3 is 9.64 Å². The Morgan fingerprint density at radius 2 is 2.05 bits per heavy atom. The number of ether oxygens (including phenoxy) is 1. The molecule has 1 aromatic carbocycles. The van der Waals surface area contributed by atoms with Crippen LogP contribution in [-0.4, -0.2) is 44.8 Å². The van der Waals surface area contributed by atoms with Crippen LogP contribution < -0.4 is 4.90 Å². The fourth-order valence-electron chi connectivity index (χ4n) is 2.40. The highest BCUT2D eigenvalue weighted by molar-refractivity contribution is 5.47. The molecule has 0 aliphatic carbocycles. The summed E-state index contributed by atoms with van der Waals surface area (Å²) in [6.45, 7) is 4.39. The molecule has 0 N–H and O–H groups in total. The summed E-state index contributed by atoms with van der Waals surface area (Å²) >= 11 is 0. The van der Waals surface area contributed by atoms with Crippen molar-refractivity contribution in [2.45, 2.75) is 19.1 Å². The second-order valence-corrected chi connectivity index (χ2v) is 5.19. The Bertz CT molecular complexity index is 449. The molecule has 2 rings (SSSR count). The van der Waals surface area contributed by atoms with Crippen molar-refractivity contribution in [3.05, 3.63) is 29.8 Å². The van der Waals surface area contributed by atoms with Crippen molar-refractivity contribution in [2.75, 3.05) is 38.7 Å². The molecule has 1 fully saturated rings. The molecule has 0 radical (unpaired) electrons. The molecule has 1 aliphatic heterocycles. The zero-order chi connectivity index (χ0) is 13.8. The summed E-state index contributed by atoms with van der Waals surface area (Å²) in [4.78, 5) is 4.25. The Morgan fingerprint density at radius 1 is 1.37 bits per heavy atom. The topological polar surface area (TPSA) is 39.5 Å². The Labute approximate surface area is 115 Å². The first-order chi connectivity index (χ1) is 9.11. The lowest BCUT2D eigenvalue weighted by Gasteiger charge is -2.34. The third-order valence-corrected chi connectivity index (χ3v) is 3.49. The largest absolute Gasteiger partial charge is 0.378 e. The van der Waals surface area contributed by atoms with E-state index >= 15 is 0 Å². The minimum absolute atomic E-state index is 0.178. The van der Waals surface area contributed by atoms with E-state index in [1.165, 1.54) is 0 Å². The highest BCUT2D eigenvalue weighted by atomic mass is 16.5. The lowest BCUT2D eigenvalue weighted by Crippen LogP contribution is -2.42. The van der Waals surface area contributed by atoms with Crippen molar-refractivity contribution in [3.8, 4) is 6.07 Å². The molecule has 0 spiro atoms. The number of hydrogen-bond acceptors (Lipinski definition) is 4. The van der Waals surface area contributed by atoms with Crippen LogP contribution in [0.4, 0.5) is 5.69 Å². The van der Waals surface area contributed by atoms with Gasteiger partial charge in [-0.3, -0.25) is 4.90 Å². The number of benzene rings is 1. The van der Waals surface area contributed by atoms with Gasteiger partial charge in [0.1, 0.15) is 6.04 Å². The fraction of sp³-hybridized carbons (Fsp3) is 0.533. The van der Waals surface area contributed by atoms with Crippen molar-refractivity contribution in [1.29, 1.82) is 5.26 Å². The van der Waals surface area contributed by atoms with Gasteiger partial charge in [-0.1, -0.05) is 12.1 Å². The average molecular weight is 259 g/mol. The van der Waals surface area contributed by atoms with Crippen molar-refractivity contribution in [2.24, 2.45) is 0 Å². The predicted octanol–water partition coefficient (Wildman–Crippen LogP) is 2.04. The Balaban J connectivity index is 2.15. The van der Waals surface area contributed by atoms with Gasteiger partial charge in [-0.05, 0) is 24.6 Å². The van der Waals surface area contributed by atoms with Gasteiger partial charge in [0.15, 0.2) is 0 Å². The van der Waals surface area contributed by atoms with E-state index in [-0.39, 0.29) is 12.1 Å². The Hall–Kier alpha value is -1.57. The highest BCUT2D eigenvalue weighted by Crippen LogP contribution is 2.24. The van der Waals surface area contributed by atoms with E-state index in [4.69, 9.17) is 4.74 Å². The normalized spacial score (nSPS) is 21.7. The van der Waals surface area contributed by atoms with E-state index in [0.29, 0.717) is 6.61 Å². The van der Waals surface area contributed by atoms with Crippen LogP contribution in [0.25, 0.3) is 0 Å². The maximum Gasteiger partial charge on any atom is 0.124 e. The molecular weight excluding hydrogens is 238 g/mol. The molecule has 0 aromatic heterocycles. The summed E-state index contributed by atoms with van der Waals surface area (Å²) in [6, 6.07) is 10.4. The van der Waals surface area contributed by atoms with E-state index < -0.39 is 0 Å². The summed E-state index contributed by atoms with van der Waals surface area (Å²) < 4.78 is 5.53. The Morgan fingerprint density at radius 3 is 2.58 bits per heavy atom. The van der Waals surface area contributed by atoms with Crippen LogP contribution in [0.15, 0.2) is 24.3 Å². The maximum absolute atomic E-state index is 9.45. The van der Waals surface area contributed by atoms with Crippen molar-refractivity contribution in [3.63, 3.8) is 0 Å². The van der Waals surface area contributed by atoms with E-state index in [9.17, 15) is 5.26 Å². The maximum atomic E-state index is 9.45. The van der Waals surface area contributed by atoms with Crippen LogP contribution in [0.1, 0.15) is 18.5 Å². The number of hydrogen-bond donors (Lipinski definition) is 0. The summed E-state index contributed by atoms with van der Waals surface area (Å²) in [7, 11) is 4.03. The smallest absolute Gasteiger partial charge is 0.124 e. The van der Waals surface area contributed by atoms with Gasteiger partial charge in [0.2, 0.25) is 0 Å². The molecule has 4 heteroatoms. The third-order valence-electron chi connectivity index (χ3n) is 3.49. The average Bonchev–Trinajstić information content (AvgIpc) is 2.40. The second kappa shape index (κ2) is 6.05. The number of morpholine rings is 1. The quantitative estimate of drug-likeness (QED) is 0.832. The van der Waals surface area contributed by atoms with Crippen molar-refractivity contribution >= 4 is 5.69 Å². The SMILES string of the molecule is CC1CN(C(C#N)c2ccc(N(C)C)cc2)CCO1. The third kappa shape index (κ3) is 3.25. The van der Waals surface area contributed by atoms with Crippen molar-refractivity contribution < 1.29 is 4.74 Å². The predicted molar refractivity (Wildman–Crippen MR) is 76.1 cm³/mol. The highest BCUT2D eigenvalue weighted by Gasteiger charge is 2.25. The first-order valence-corrected chi connectivity index (χ1v) is 6.64. The van der Waals surface area contributed by atoms with E-state index in [0.717, 1.165) is 24.3 Å². The lowest BCUT2D eigenvalue weighted by atomic mass is 10.0. The molecule has 1 aromatic rings. The van der Waals surface area contributed by atoms with Crippen LogP contribution in [0.3, 0.4) is 0 Å². The van der Waals surface area contributed by atoms with Crippen LogP contribution in [0, 0.1) is 11.3 Å². The van der Waals surface area contributed by atoms with Crippen LogP contribution in [-0.2, 0) is 4.74 Å². The Kier molecular flexibility index (Phi) is 4.41. The molecule has 0 bridgehead atoms. The summed E-state index contributed by atoms with van der Waals surface area (Å²) in [5, 5.41) is 9.45. The second-order valence-electron chi connectivity index (χ2n) is 5.19. The van der Waals surface area contributed by atoms with E-state index in [1.807, 2.05) is 26.2 Å². The molecule has 0 saturated carbocycles. The molecule has 2 atom stereocenters. The number of anilines is 1. The zero-order valence-corrected chi connectivity index (χ0v) is 11.8. The first kappa shape index (κ1) is 13.9. The monoisotopic (exact) mass is 259 g/mol. The van der Waals surface area contributed by atoms with Gasteiger partial charge in [-0.15, -0.1) is 0 Å². The van der Waals surface area contributed by atoms with Crippen molar-refractivity contribution in [1.82, 2.24) is 4.90 Å². The number of rotatable bonds is 3. The summed E-state index contributed by atoms with van der Waals surface area (Å²) in [5.74, 6) is 0. The number of nitriles is 1. The molecule has 1 heterocycles. The fourth-order valence-corrected chi connectivity index (χ4v) is 2.40. The molecular formula is C15H21N3O. The van der Waals surface area contributed by atoms with Gasteiger partial charge in [0.25, 0.3) is 0 Å². The standard InChI is InChI=1S/C15H21N3O/c1-12-11-18(8-9-19-12)15(10-16)13-4-6-14(7-5-13)17(2)3/h4-7,12,15H,8-9,11H2,1-3H3. The molecule has 1 aliphatic rings. The van der Waals surface area contributed by atoms with E-state index in [2.05, 4.69) is 34.9 Å². The van der Waals surface area contributed by atoms with Crippen LogP contribution in [0.2, 0.25) is 0 Å². The minimum atomic E-state index is -0.178. The molecule has 1 saturated heterocycles. The lowest BCUT2D eigenvalue weighted by molar-refractivity contribution is -0.0269. The summed E-state index contributed by atoms with van der Waals surface area (Å²) in [5.41, 5.74) is 2.21. The molecule has 19 heavy (non-hydrogen) atoms.